The molecule has 4 rings (SSSR count). The van der Waals surface area contributed by atoms with E-state index in [1.54, 1.807) is 24.3 Å². The summed E-state index contributed by atoms with van der Waals surface area (Å²) in [5, 5.41) is 8.16. The molecule has 1 saturated heterocycles. The van der Waals surface area contributed by atoms with Crippen molar-refractivity contribution in [3.63, 3.8) is 0 Å². The molecule has 37 heavy (non-hydrogen) atoms. The van der Waals surface area contributed by atoms with Crippen LogP contribution in [0.1, 0.15) is 27.8 Å². The molecule has 0 aromatic heterocycles. The van der Waals surface area contributed by atoms with Crippen LogP contribution in [0.2, 0.25) is 0 Å². The van der Waals surface area contributed by atoms with E-state index in [1.807, 2.05) is 69.3 Å². The smallest absolute Gasteiger partial charge is 0.325 e. The molecule has 1 atom stereocenters. The molecule has 0 radical (unpaired) electrons. The van der Waals surface area contributed by atoms with E-state index in [9.17, 15) is 19.2 Å². The van der Waals surface area contributed by atoms with Crippen molar-refractivity contribution in [3.05, 3.63) is 101 Å². The molecule has 190 valence electrons. The fraction of sp³-hybridized carbons (Fsp3) is 0.241. The zero-order valence-corrected chi connectivity index (χ0v) is 21.1. The van der Waals surface area contributed by atoms with E-state index in [0.717, 1.165) is 27.2 Å². The number of hydrogen-bond donors (Lipinski definition) is 3. The normalized spacial score (nSPS) is 16.9. The Hall–Kier alpha value is -4.46. The highest BCUT2D eigenvalue weighted by Crippen LogP contribution is 2.33. The molecule has 0 unspecified atom stereocenters. The Morgan fingerprint density at radius 1 is 0.865 bits per heavy atom. The number of carbonyl (C=O) groups is 4. The van der Waals surface area contributed by atoms with E-state index in [0.29, 0.717) is 11.3 Å². The third-order valence-electron chi connectivity index (χ3n) is 6.44. The molecule has 3 N–H and O–H groups in total. The number of nitrogens with zero attached hydrogens (tertiary/aromatic N) is 1. The molecule has 8 heteroatoms. The number of aryl methyl sites for hydroxylation is 3. The first-order valence-corrected chi connectivity index (χ1v) is 12.1. The second-order valence-corrected chi connectivity index (χ2v) is 9.35. The lowest BCUT2D eigenvalue weighted by molar-refractivity contribution is -0.135. The lowest BCUT2D eigenvalue weighted by Gasteiger charge is -2.27. The summed E-state index contributed by atoms with van der Waals surface area (Å²) in [4.78, 5) is 52.6. The predicted molar refractivity (Wildman–Crippen MR) is 141 cm³/mol. The molecule has 3 aromatic carbocycles. The highest BCUT2D eigenvalue weighted by Gasteiger charge is 2.52. The van der Waals surface area contributed by atoms with Gasteiger partial charge in [0, 0.05) is 12.1 Å². The fourth-order valence-electron chi connectivity index (χ4n) is 4.75. The van der Waals surface area contributed by atoms with E-state index in [2.05, 4.69) is 16.0 Å². The van der Waals surface area contributed by atoms with Crippen molar-refractivity contribution in [2.24, 2.45) is 0 Å². The van der Waals surface area contributed by atoms with Gasteiger partial charge in [0.25, 0.3) is 5.91 Å². The number of imide groups is 1. The Labute approximate surface area is 216 Å². The fourth-order valence-corrected chi connectivity index (χ4v) is 4.75. The predicted octanol–water partition coefficient (Wildman–Crippen LogP) is 3.36. The molecule has 0 bridgehead atoms. The van der Waals surface area contributed by atoms with Crippen LogP contribution in [0.5, 0.6) is 0 Å². The molecule has 0 saturated carbocycles. The van der Waals surface area contributed by atoms with Crippen LogP contribution in [-0.2, 0) is 26.3 Å². The monoisotopic (exact) mass is 498 g/mol. The molecular weight excluding hydrogens is 468 g/mol. The van der Waals surface area contributed by atoms with Crippen LogP contribution in [0.4, 0.5) is 10.5 Å². The number of rotatable bonds is 8. The maximum absolute atomic E-state index is 13.6. The number of amides is 5. The summed E-state index contributed by atoms with van der Waals surface area (Å²) >= 11 is 0. The number of nitrogens with one attached hydrogen (secondary N) is 3. The molecule has 1 aliphatic rings. The summed E-state index contributed by atoms with van der Waals surface area (Å²) in [6, 6.07) is 21.6. The van der Waals surface area contributed by atoms with Gasteiger partial charge in [0.15, 0.2) is 5.54 Å². The van der Waals surface area contributed by atoms with Crippen molar-refractivity contribution in [1.29, 1.82) is 0 Å². The Bertz CT molecular complexity index is 1320. The molecule has 5 amide bonds. The molecule has 1 aliphatic heterocycles. The van der Waals surface area contributed by atoms with Crippen LogP contribution < -0.4 is 16.0 Å². The van der Waals surface area contributed by atoms with Crippen LogP contribution in [-0.4, -0.2) is 41.7 Å². The van der Waals surface area contributed by atoms with Gasteiger partial charge in [0.05, 0.1) is 6.54 Å². The Balaban J connectivity index is 1.44. The number of urea groups is 1. The van der Waals surface area contributed by atoms with E-state index < -0.39 is 35.8 Å². The lowest BCUT2D eigenvalue weighted by Crippen LogP contribution is -2.47. The van der Waals surface area contributed by atoms with E-state index in [1.165, 1.54) is 0 Å². The average molecular weight is 499 g/mol. The third kappa shape index (κ3) is 5.53. The van der Waals surface area contributed by atoms with Gasteiger partial charge >= 0.3 is 6.03 Å². The maximum Gasteiger partial charge on any atom is 0.325 e. The van der Waals surface area contributed by atoms with Gasteiger partial charge in [-0.05, 0) is 43.0 Å². The van der Waals surface area contributed by atoms with Crippen molar-refractivity contribution >= 4 is 29.4 Å². The second-order valence-electron chi connectivity index (χ2n) is 9.35. The molecule has 8 nitrogen and oxygen atoms in total. The third-order valence-corrected chi connectivity index (χ3v) is 6.44. The van der Waals surface area contributed by atoms with Gasteiger partial charge < -0.3 is 16.0 Å². The summed E-state index contributed by atoms with van der Waals surface area (Å²) < 4.78 is 0. The van der Waals surface area contributed by atoms with Crippen molar-refractivity contribution in [3.8, 4) is 0 Å². The minimum atomic E-state index is -1.34. The first-order chi connectivity index (χ1) is 17.7. The topological polar surface area (TPSA) is 108 Å². The van der Waals surface area contributed by atoms with Gasteiger partial charge in [-0.2, -0.15) is 0 Å². The van der Waals surface area contributed by atoms with E-state index in [4.69, 9.17) is 0 Å². The lowest BCUT2D eigenvalue weighted by atomic mass is 9.83. The number of hydrogen-bond acceptors (Lipinski definition) is 4. The van der Waals surface area contributed by atoms with Gasteiger partial charge in [0.1, 0.15) is 6.54 Å². The SMILES string of the molecule is Cc1cc(C)c(NC(=O)CNC(=O)CN2C(=O)N[C@@](Cc3ccccc3)(c3ccccc3)C2=O)c(C)c1. The molecule has 1 heterocycles. The zero-order valence-electron chi connectivity index (χ0n) is 21.1. The Morgan fingerprint density at radius 3 is 2.08 bits per heavy atom. The molecule has 0 spiro atoms. The largest absolute Gasteiger partial charge is 0.345 e. The summed E-state index contributed by atoms with van der Waals surface area (Å²) in [7, 11) is 0. The molecule has 0 aliphatic carbocycles. The van der Waals surface area contributed by atoms with Crippen molar-refractivity contribution < 1.29 is 19.2 Å². The standard InChI is InChI=1S/C29H30N4O4/c1-19-14-20(2)26(21(3)15-19)31-24(34)17-30-25(35)18-33-27(36)29(32-28(33)37,23-12-8-5-9-13-23)16-22-10-6-4-7-11-22/h4-15H,16-18H2,1-3H3,(H,30,35)(H,31,34)(H,32,37)/t29-/m0/s1. The van der Waals surface area contributed by atoms with Gasteiger partial charge in [0.2, 0.25) is 11.8 Å². The van der Waals surface area contributed by atoms with Crippen molar-refractivity contribution in [2.45, 2.75) is 32.7 Å². The minimum absolute atomic E-state index is 0.234. The van der Waals surface area contributed by atoms with Crippen molar-refractivity contribution in [1.82, 2.24) is 15.5 Å². The van der Waals surface area contributed by atoms with Gasteiger partial charge in [-0.3, -0.25) is 19.3 Å². The van der Waals surface area contributed by atoms with E-state index >= 15 is 0 Å². The number of anilines is 1. The summed E-state index contributed by atoms with van der Waals surface area (Å²) in [6.45, 7) is 5.00. The highest BCUT2D eigenvalue weighted by atomic mass is 16.2. The van der Waals surface area contributed by atoms with E-state index in [-0.39, 0.29) is 13.0 Å². The van der Waals surface area contributed by atoms with Crippen LogP contribution in [0.25, 0.3) is 0 Å². The first-order valence-electron chi connectivity index (χ1n) is 12.1. The number of carbonyl (C=O) groups excluding carboxylic acids is 4. The molecule has 1 fully saturated rings. The van der Waals surface area contributed by atoms with Crippen LogP contribution >= 0.6 is 0 Å². The zero-order chi connectivity index (χ0) is 26.6. The van der Waals surface area contributed by atoms with Gasteiger partial charge in [-0.25, -0.2) is 4.79 Å². The van der Waals surface area contributed by atoms with Crippen molar-refractivity contribution in [2.75, 3.05) is 18.4 Å². The summed E-state index contributed by atoms with van der Waals surface area (Å²) in [5.74, 6) is -1.53. The average Bonchev–Trinajstić information content (AvgIpc) is 3.11. The van der Waals surface area contributed by atoms with Gasteiger partial charge in [-0.15, -0.1) is 0 Å². The molecule has 3 aromatic rings. The van der Waals surface area contributed by atoms with Gasteiger partial charge in [-0.1, -0.05) is 78.4 Å². The second kappa shape index (κ2) is 10.7. The Morgan fingerprint density at radius 2 is 1.46 bits per heavy atom. The number of benzene rings is 3. The summed E-state index contributed by atoms with van der Waals surface area (Å²) in [6.07, 6.45) is 0.234. The van der Waals surface area contributed by atoms with Crippen LogP contribution in [0.15, 0.2) is 72.8 Å². The maximum atomic E-state index is 13.6. The van der Waals surface area contributed by atoms with Crippen LogP contribution in [0.3, 0.4) is 0 Å². The summed E-state index contributed by atoms with van der Waals surface area (Å²) in [5.41, 5.74) is 3.80. The quantitative estimate of drug-likeness (QED) is 0.414. The van der Waals surface area contributed by atoms with Crippen LogP contribution in [0, 0.1) is 20.8 Å². The Kier molecular flexibility index (Phi) is 7.38. The minimum Gasteiger partial charge on any atom is -0.345 e. The molecular formula is C29H30N4O4. The highest BCUT2D eigenvalue weighted by molar-refractivity contribution is 6.09. The first kappa shape index (κ1) is 25.6.